The monoisotopic (exact) mass is 404 g/mol. The predicted octanol–water partition coefficient (Wildman–Crippen LogP) is 4.64. The fraction of sp³-hybridized carbons (Fsp3) is 0.385. The van der Waals surface area contributed by atoms with E-state index in [1.54, 1.807) is 6.26 Å². The van der Waals surface area contributed by atoms with Crippen molar-refractivity contribution in [2.75, 3.05) is 45.9 Å². The highest BCUT2D eigenvalue weighted by atomic mass is 16.5. The molecule has 4 rings (SSSR count). The molecule has 4 heteroatoms. The Morgan fingerprint density at radius 2 is 1.33 bits per heavy atom. The minimum Gasteiger partial charge on any atom is -0.469 e. The lowest BCUT2D eigenvalue weighted by Crippen LogP contribution is -2.47. The van der Waals surface area contributed by atoms with Gasteiger partial charge in [0.15, 0.2) is 0 Å². The highest BCUT2D eigenvalue weighted by Crippen LogP contribution is 2.25. The minimum absolute atomic E-state index is 0.00436. The Kier molecular flexibility index (Phi) is 7.73. The molecule has 158 valence electrons. The summed E-state index contributed by atoms with van der Waals surface area (Å²) in [4.78, 5) is 5.09. The molecule has 0 N–H and O–H groups in total. The third-order valence-electron chi connectivity index (χ3n) is 5.84. The normalized spacial score (nSPS) is 15.6. The van der Waals surface area contributed by atoms with Gasteiger partial charge in [-0.05, 0) is 36.2 Å². The van der Waals surface area contributed by atoms with Crippen LogP contribution in [0.25, 0.3) is 0 Å². The molecule has 0 amide bonds. The zero-order valence-electron chi connectivity index (χ0n) is 17.7. The first-order valence-corrected chi connectivity index (χ1v) is 11.1. The molecule has 0 aliphatic carbocycles. The van der Waals surface area contributed by atoms with Crippen molar-refractivity contribution >= 4 is 0 Å². The van der Waals surface area contributed by atoms with E-state index >= 15 is 0 Å². The summed E-state index contributed by atoms with van der Waals surface area (Å²) in [5.74, 6) is 1.09. The summed E-state index contributed by atoms with van der Waals surface area (Å²) in [6.07, 6.45) is 3.94. The van der Waals surface area contributed by atoms with E-state index in [2.05, 4.69) is 76.5 Å². The van der Waals surface area contributed by atoms with Crippen LogP contribution in [0.4, 0.5) is 0 Å². The van der Waals surface area contributed by atoms with Crippen molar-refractivity contribution in [3.05, 3.63) is 95.9 Å². The number of benzene rings is 2. The van der Waals surface area contributed by atoms with Crippen LogP contribution in [0.3, 0.4) is 0 Å². The first kappa shape index (κ1) is 20.9. The van der Waals surface area contributed by atoms with Gasteiger partial charge in [-0.2, -0.15) is 0 Å². The summed E-state index contributed by atoms with van der Waals surface area (Å²) in [6.45, 7) is 7.38. The Morgan fingerprint density at radius 3 is 1.90 bits per heavy atom. The lowest BCUT2D eigenvalue weighted by atomic mass is 10.0. The summed E-state index contributed by atoms with van der Waals surface area (Å²) in [7, 11) is 0. The first-order chi connectivity index (χ1) is 14.9. The summed E-state index contributed by atoms with van der Waals surface area (Å²) in [5, 5.41) is 0. The van der Waals surface area contributed by atoms with Crippen LogP contribution in [0.5, 0.6) is 0 Å². The van der Waals surface area contributed by atoms with Crippen molar-refractivity contribution in [2.24, 2.45) is 0 Å². The molecule has 0 radical (unpaired) electrons. The second-order valence-electron chi connectivity index (χ2n) is 7.94. The molecule has 1 fully saturated rings. The number of piperazine rings is 1. The maximum atomic E-state index is 6.38. The third kappa shape index (κ3) is 6.05. The molecule has 0 bridgehead atoms. The molecule has 30 heavy (non-hydrogen) atoms. The van der Waals surface area contributed by atoms with Gasteiger partial charge in [0.25, 0.3) is 0 Å². The summed E-state index contributed by atoms with van der Waals surface area (Å²) in [5.41, 5.74) is 2.43. The van der Waals surface area contributed by atoms with Gasteiger partial charge >= 0.3 is 0 Å². The van der Waals surface area contributed by atoms with E-state index in [0.717, 1.165) is 64.5 Å². The molecular formula is C26H32N2O2. The molecule has 0 unspecified atom stereocenters. The largest absolute Gasteiger partial charge is 0.469 e. The SMILES string of the molecule is c1ccc(C(OCCN2CCN(CCCc3ccco3)CC2)c2ccccc2)cc1. The molecule has 0 saturated carbocycles. The molecular weight excluding hydrogens is 372 g/mol. The van der Waals surface area contributed by atoms with Gasteiger partial charge in [-0.3, -0.25) is 4.90 Å². The first-order valence-electron chi connectivity index (χ1n) is 11.1. The number of furan rings is 1. The molecule has 1 saturated heterocycles. The molecule has 0 spiro atoms. The van der Waals surface area contributed by atoms with Gasteiger partial charge < -0.3 is 14.1 Å². The quantitative estimate of drug-likeness (QED) is 0.492. The number of hydrogen-bond acceptors (Lipinski definition) is 4. The molecule has 3 aromatic rings. The highest BCUT2D eigenvalue weighted by molar-refractivity contribution is 5.29. The molecule has 0 atom stereocenters. The predicted molar refractivity (Wildman–Crippen MR) is 121 cm³/mol. The molecule has 1 aliphatic rings. The molecule has 2 heterocycles. The van der Waals surface area contributed by atoms with Crippen molar-refractivity contribution in [2.45, 2.75) is 18.9 Å². The van der Waals surface area contributed by atoms with Gasteiger partial charge in [-0.15, -0.1) is 0 Å². The standard InChI is InChI=1S/C26H32N2O2/c1-3-9-23(10-4-1)26(24-11-5-2-6-12-24)30-22-20-28-18-16-27(17-19-28)15-7-13-25-14-8-21-29-25/h1-6,8-12,14,21,26H,7,13,15-20,22H2. The van der Waals surface area contributed by atoms with E-state index in [1.807, 2.05) is 6.07 Å². The lowest BCUT2D eigenvalue weighted by molar-refractivity contribution is 0.0451. The van der Waals surface area contributed by atoms with Crippen LogP contribution in [-0.4, -0.2) is 55.7 Å². The highest BCUT2D eigenvalue weighted by Gasteiger charge is 2.18. The summed E-state index contributed by atoms with van der Waals surface area (Å²) in [6, 6.07) is 25.1. The van der Waals surface area contributed by atoms with E-state index in [0.29, 0.717) is 0 Å². The zero-order valence-corrected chi connectivity index (χ0v) is 17.7. The number of hydrogen-bond donors (Lipinski definition) is 0. The zero-order chi connectivity index (χ0) is 20.4. The third-order valence-corrected chi connectivity index (χ3v) is 5.84. The van der Waals surface area contributed by atoms with Crippen LogP contribution in [0.1, 0.15) is 29.4 Å². The second kappa shape index (κ2) is 11.1. The molecule has 1 aliphatic heterocycles. The van der Waals surface area contributed by atoms with E-state index in [4.69, 9.17) is 9.15 Å². The van der Waals surface area contributed by atoms with Crippen LogP contribution in [0, 0.1) is 0 Å². The van der Waals surface area contributed by atoms with Gasteiger partial charge in [0.1, 0.15) is 11.9 Å². The van der Waals surface area contributed by atoms with Gasteiger partial charge in [-0.1, -0.05) is 60.7 Å². The summed E-state index contributed by atoms with van der Waals surface area (Å²) >= 11 is 0. The van der Waals surface area contributed by atoms with E-state index in [1.165, 1.54) is 11.1 Å². The van der Waals surface area contributed by atoms with Crippen molar-refractivity contribution < 1.29 is 9.15 Å². The van der Waals surface area contributed by atoms with Gasteiger partial charge in [-0.25, -0.2) is 0 Å². The number of nitrogens with zero attached hydrogens (tertiary/aromatic N) is 2. The number of aryl methyl sites for hydroxylation is 1. The molecule has 1 aromatic heterocycles. The van der Waals surface area contributed by atoms with Crippen LogP contribution < -0.4 is 0 Å². The average Bonchev–Trinajstić information content (AvgIpc) is 3.32. The number of ether oxygens (including phenoxy) is 1. The van der Waals surface area contributed by atoms with Gasteiger partial charge in [0, 0.05) is 39.1 Å². The molecule has 2 aromatic carbocycles. The Labute approximate surface area is 180 Å². The van der Waals surface area contributed by atoms with E-state index in [-0.39, 0.29) is 6.10 Å². The van der Waals surface area contributed by atoms with Crippen LogP contribution in [0.2, 0.25) is 0 Å². The van der Waals surface area contributed by atoms with Gasteiger partial charge in [0.05, 0.1) is 12.9 Å². The Morgan fingerprint density at radius 1 is 0.733 bits per heavy atom. The summed E-state index contributed by atoms with van der Waals surface area (Å²) < 4.78 is 11.8. The maximum absolute atomic E-state index is 6.38. The van der Waals surface area contributed by atoms with Crippen molar-refractivity contribution in [3.63, 3.8) is 0 Å². The van der Waals surface area contributed by atoms with E-state index in [9.17, 15) is 0 Å². The van der Waals surface area contributed by atoms with Gasteiger partial charge in [0.2, 0.25) is 0 Å². The minimum atomic E-state index is -0.00436. The topological polar surface area (TPSA) is 28.9 Å². The van der Waals surface area contributed by atoms with Crippen LogP contribution in [-0.2, 0) is 11.2 Å². The smallest absolute Gasteiger partial charge is 0.108 e. The van der Waals surface area contributed by atoms with Crippen molar-refractivity contribution in [3.8, 4) is 0 Å². The van der Waals surface area contributed by atoms with Crippen LogP contribution in [0.15, 0.2) is 83.5 Å². The Balaban J connectivity index is 1.20. The van der Waals surface area contributed by atoms with E-state index < -0.39 is 0 Å². The average molecular weight is 405 g/mol. The molecule has 4 nitrogen and oxygen atoms in total. The Hall–Kier alpha value is -2.40. The fourth-order valence-electron chi connectivity index (χ4n) is 4.11. The second-order valence-corrected chi connectivity index (χ2v) is 7.94. The maximum Gasteiger partial charge on any atom is 0.108 e. The Bertz CT molecular complexity index is 788. The van der Waals surface area contributed by atoms with Crippen LogP contribution >= 0.6 is 0 Å². The van der Waals surface area contributed by atoms with Crippen molar-refractivity contribution in [1.29, 1.82) is 0 Å². The fourth-order valence-corrected chi connectivity index (χ4v) is 4.11. The lowest BCUT2D eigenvalue weighted by Gasteiger charge is -2.34. The number of rotatable bonds is 10. The van der Waals surface area contributed by atoms with Crippen molar-refractivity contribution in [1.82, 2.24) is 9.80 Å².